The van der Waals surface area contributed by atoms with E-state index in [0.717, 1.165) is 5.56 Å². The Kier molecular flexibility index (Phi) is 5.21. The van der Waals surface area contributed by atoms with Gasteiger partial charge >= 0.3 is 5.97 Å². The molecule has 0 atom stereocenters. The molecule has 6 nitrogen and oxygen atoms in total. The van der Waals surface area contributed by atoms with Crippen LogP contribution in [0.25, 0.3) is 0 Å². The van der Waals surface area contributed by atoms with Gasteiger partial charge in [-0.25, -0.2) is 9.78 Å². The minimum atomic E-state index is -0.698. The number of methoxy groups -OCH3 is 1. The molecule has 0 unspecified atom stereocenters. The number of thioether (sulfide) groups is 1. The standard InChI is InChI=1S/C15H16N2O4S/c1-17-13(18)12(21-9-10-7-5-4-6-8-10)11(14(19)20-2)16-15(17)22-3/h4-8H,9H2,1-3H3. The van der Waals surface area contributed by atoms with Gasteiger partial charge in [-0.1, -0.05) is 42.1 Å². The van der Waals surface area contributed by atoms with Crippen LogP contribution < -0.4 is 10.3 Å². The Labute approximate surface area is 132 Å². The second-order valence-electron chi connectivity index (χ2n) is 4.41. The number of carbonyl (C=O) groups is 1. The van der Waals surface area contributed by atoms with Crippen LogP contribution in [0.4, 0.5) is 0 Å². The highest BCUT2D eigenvalue weighted by molar-refractivity contribution is 7.98. The van der Waals surface area contributed by atoms with Crippen LogP contribution in [0.2, 0.25) is 0 Å². The molecule has 0 saturated carbocycles. The van der Waals surface area contributed by atoms with Gasteiger partial charge in [0.15, 0.2) is 10.9 Å². The molecule has 0 aliphatic rings. The van der Waals surface area contributed by atoms with Gasteiger partial charge in [-0.15, -0.1) is 0 Å². The number of esters is 1. The van der Waals surface area contributed by atoms with Gasteiger partial charge in [0.25, 0.3) is 5.56 Å². The van der Waals surface area contributed by atoms with Crippen molar-refractivity contribution in [3.8, 4) is 5.75 Å². The van der Waals surface area contributed by atoms with Gasteiger partial charge in [-0.2, -0.15) is 0 Å². The van der Waals surface area contributed by atoms with Crippen LogP contribution in [0.15, 0.2) is 40.3 Å². The topological polar surface area (TPSA) is 70.4 Å². The molecule has 0 radical (unpaired) electrons. The van der Waals surface area contributed by atoms with Crippen LogP contribution in [0.1, 0.15) is 16.1 Å². The van der Waals surface area contributed by atoms with E-state index in [0.29, 0.717) is 5.16 Å². The van der Waals surface area contributed by atoms with Crippen molar-refractivity contribution in [2.24, 2.45) is 7.05 Å². The van der Waals surface area contributed by atoms with Crippen molar-refractivity contribution in [1.29, 1.82) is 0 Å². The molecule has 0 saturated heterocycles. The highest BCUT2D eigenvalue weighted by atomic mass is 32.2. The minimum absolute atomic E-state index is 0.101. The summed E-state index contributed by atoms with van der Waals surface area (Å²) in [5.41, 5.74) is 0.357. The average Bonchev–Trinajstić information content (AvgIpc) is 2.56. The first-order valence-electron chi connectivity index (χ1n) is 6.48. The summed E-state index contributed by atoms with van der Waals surface area (Å²) in [6, 6.07) is 9.36. The van der Waals surface area contributed by atoms with Gasteiger partial charge < -0.3 is 9.47 Å². The number of carbonyl (C=O) groups excluding carboxylic acids is 1. The van der Waals surface area contributed by atoms with Crippen LogP contribution in [-0.2, 0) is 18.4 Å². The second kappa shape index (κ2) is 7.13. The van der Waals surface area contributed by atoms with Crippen molar-refractivity contribution < 1.29 is 14.3 Å². The highest BCUT2D eigenvalue weighted by Gasteiger charge is 2.22. The lowest BCUT2D eigenvalue weighted by atomic mass is 10.2. The zero-order valence-corrected chi connectivity index (χ0v) is 13.3. The van der Waals surface area contributed by atoms with Crippen LogP contribution in [0.3, 0.4) is 0 Å². The van der Waals surface area contributed by atoms with E-state index < -0.39 is 11.5 Å². The lowest BCUT2D eigenvalue weighted by molar-refractivity contribution is 0.0585. The Morgan fingerprint density at radius 1 is 1.32 bits per heavy atom. The molecular weight excluding hydrogens is 304 g/mol. The molecule has 0 fully saturated rings. The van der Waals surface area contributed by atoms with Gasteiger partial charge in [0.2, 0.25) is 5.75 Å². The SMILES string of the molecule is COC(=O)c1nc(SC)n(C)c(=O)c1OCc1ccccc1. The summed E-state index contributed by atoms with van der Waals surface area (Å²) in [7, 11) is 2.82. The highest BCUT2D eigenvalue weighted by Crippen LogP contribution is 2.18. The Morgan fingerprint density at radius 2 is 2.00 bits per heavy atom. The quantitative estimate of drug-likeness (QED) is 0.476. The van der Waals surface area contributed by atoms with Gasteiger partial charge in [-0.05, 0) is 11.8 Å². The molecule has 7 heteroatoms. The summed E-state index contributed by atoms with van der Waals surface area (Å²) in [5.74, 6) is -0.799. The number of hydrogen-bond donors (Lipinski definition) is 0. The summed E-state index contributed by atoms with van der Waals surface area (Å²) in [6.07, 6.45) is 1.77. The maximum absolute atomic E-state index is 12.4. The normalized spacial score (nSPS) is 10.3. The van der Waals surface area contributed by atoms with E-state index in [1.165, 1.54) is 23.4 Å². The molecule has 1 aromatic heterocycles. The molecule has 0 bridgehead atoms. The number of aromatic nitrogens is 2. The Hall–Kier alpha value is -2.28. The summed E-state index contributed by atoms with van der Waals surface area (Å²) in [6.45, 7) is 0.167. The van der Waals surface area contributed by atoms with Crippen LogP contribution in [0.5, 0.6) is 5.75 Å². The molecular formula is C15H16N2O4S. The number of rotatable bonds is 5. The molecule has 1 aromatic carbocycles. The molecule has 0 spiro atoms. The summed E-state index contributed by atoms with van der Waals surface area (Å²) in [5, 5.41) is 0.414. The van der Waals surface area contributed by atoms with Crippen LogP contribution in [0, 0.1) is 0 Å². The zero-order chi connectivity index (χ0) is 16.1. The van der Waals surface area contributed by atoms with Crippen molar-refractivity contribution in [2.75, 3.05) is 13.4 Å². The van der Waals surface area contributed by atoms with E-state index in [1.807, 2.05) is 30.3 Å². The molecule has 0 aliphatic heterocycles. The van der Waals surface area contributed by atoms with Crippen molar-refractivity contribution in [1.82, 2.24) is 9.55 Å². The smallest absolute Gasteiger partial charge is 0.360 e. The van der Waals surface area contributed by atoms with E-state index in [1.54, 1.807) is 13.3 Å². The first kappa shape index (κ1) is 16.1. The minimum Gasteiger partial charge on any atom is -0.481 e. The monoisotopic (exact) mass is 320 g/mol. The molecule has 22 heavy (non-hydrogen) atoms. The van der Waals surface area contributed by atoms with Gasteiger partial charge in [0.1, 0.15) is 6.61 Å². The molecule has 0 amide bonds. The predicted octanol–water partition coefficient (Wildman–Crippen LogP) is 1.87. The third kappa shape index (κ3) is 3.30. The summed E-state index contributed by atoms with van der Waals surface area (Å²) >= 11 is 1.26. The van der Waals surface area contributed by atoms with Crippen LogP contribution in [-0.4, -0.2) is 28.9 Å². The molecule has 0 N–H and O–H groups in total. The molecule has 2 aromatic rings. The third-order valence-corrected chi connectivity index (χ3v) is 3.73. The van der Waals surface area contributed by atoms with E-state index in [-0.39, 0.29) is 18.1 Å². The fourth-order valence-corrected chi connectivity index (χ4v) is 2.38. The predicted molar refractivity (Wildman–Crippen MR) is 83.4 cm³/mol. The Morgan fingerprint density at radius 3 is 2.59 bits per heavy atom. The van der Waals surface area contributed by atoms with Gasteiger partial charge in [-0.3, -0.25) is 9.36 Å². The lowest BCUT2D eigenvalue weighted by Crippen LogP contribution is -2.26. The molecule has 1 heterocycles. The maximum atomic E-state index is 12.4. The number of ether oxygens (including phenoxy) is 2. The Balaban J connectivity index is 2.42. The van der Waals surface area contributed by atoms with E-state index in [9.17, 15) is 9.59 Å². The number of hydrogen-bond acceptors (Lipinski definition) is 6. The maximum Gasteiger partial charge on any atom is 0.360 e. The molecule has 2 rings (SSSR count). The van der Waals surface area contributed by atoms with Crippen molar-refractivity contribution in [3.05, 3.63) is 51.9 Å². The number of nitrogens with zero attached hydrogens (tertiary/aromatic N) is 2. The molecule has 116 valence electrons. The first-order chi connectivity index (χ1) is 10.6. The van der Waals surface area contributed by atoms with Gasteiger partial charge in [0, 0.05) is 7.05 Å². The average molecular weight is 320 g/mol. The molecule has 0 aliphatic carbocycles. The van der Waals surface area contributed by atoms with E-state index in [2.05, 4.69) is 9.72 Å². The number of benzene rings is 1. The first-order valence-corrected chi connectivity index (χ1v) is 7.71. The largest absolute Gasteiger partial charge is 0.481 e. The van der Waals surface area contributed by atoms with Gasteiger partial charge in [0.05, 0.1) is 7.11 Å². The van der Waals surface area contributed by atoms with Crippen LogP contribution >= 0.6 is 11.8 Å². The lowest BCUT2D eigenvalue weighted by Gasteiger charge is -2.12. The summed E-state index contributed by atoms with van der Waals surface area (Å²) in [4.78, 5) is 28.4. The summed E-state index contributed by atoms with van der Waals surface area (Å²) < 4.78 is 11.6. The Bertz CT molecular complexity index is 728. The van der Waals surface area contributed by atoms with Crippen molar-refractivity contribution in [3.63, 3.8) is 0 Å². The van der Waals surface area contributed by atoms with E-state index >= 15 is 0 Å². The third-order valence-electron chi connectivity index (χ3n) is 3.00. The fraction of sp³-hybridized carbons (Fsp3) is 0.267. The fourth-order valence-electron chi connectivity index (χ4n) is 1.84. The zero-order valence-electron chi connectivity index (χ0n) is 12.5. The van der Waals surface area contributed by atoms with E-state index in [4.69, 9.17) is 4.74 Å². The van der Waals surface area contributed by atoms with Crippen molar-refractivity contribution >= 4 is 17.7 Å². The second-order valence-corrected chi connectivity index (χ2v) is 5.18. The van der Waals surface area contributed by atoms with Crippen molar-refractivity contribution in [2.45, 2.75) is 11.8 Å².